The molecular weight excluding hydrogens is 322 g/mol. The molecule has 25 heavy (non-hydrogen) atoms. The largest absolute Gasteiger partial charge is 0.332 e. The van der Waals surface area contributed by atoms with Crippen molar-refractivity contribution in [2.24, 2.45) is 5.92 Å². The van der Waals surface area contributed by atoms with Crippen LogP contribution in [0.25, 0.3) is 0 Å². The quantitative estimate of drug-likeness (QED) is 0.754. The van der Waals surface area contributed by atoms with Gasteiger partial charge in [-0.1, -0.05) is 13.8 Å². The van der Waals surface area contributed by atoms with Gasteiger partial charge in [0.25, 0.3) is 5.91 Å². The molecule has 0 unspecified atom stereocenters. The number of carbonyl (C=O) groups excluding carboxylic acids is 3. The van der Waals surface area contributed by atoms with E-state index in [1.807, 2.05) is 0 Å². The summed E-state index contributed by atoms with van der Waals surface area (Å²) in [6.45, 7) is 5.10. The molecule has 1 atom stereocenters. The molecule has 0 radical (unpaired) electrons. The highest BCUT2D eigenvalue weighted by molar-refractivity contribution is 6.05. The van der Waals surface area contributed by atoms with Crippen molar-refractivity contribution in [2.75, 3.05) is 14.1 Å². The van der Waals surface area contributed by atoms with Crippen molar-refractivity contribution in [1.82, 2.24) is 24.7 Å². The fourth-order valence-corrected chi connectivity index (χ4v) is 3.21. The lowest BCUT2D eigenvalue weighted by molar-refractivity contribution is -0.136. The molecule has 0 spiro atoms. The van der Waals surface area contributed by atoms with Crippen molar-refractivity contribution >= 4 is 17.8 Å². The van der Waals surface area contributed by atoms with Gasteiger partial charge in [-0.05, 0) is 5.92 Å². The van der Waals surface area contributed by atoms with Crippen molar-refractivity contribution in [2.45, 2.75) is 45.8 Å². The highest BCUT2D eigenvalue weighted by Crippen LogP contribution is 2.24. The maximum absolute atomic E-state index is 12.6. The predicted octanol–water partition coefficient (Wildman–Crippen LogP) is 0.800. The van der Waals surface area contributed by atoms with Gasteiger partial charge in [0.1, 0.15) is 11.9 Å². The van der Waals surface area contributed by atoms with E-state index in [1.165, 1.54) is 11.9 Å². The van der Waals surface area contributed by atoms with Crippen LogP contribution in [0.2, 0.25) is 0 Å². The molecule has 3 rings (SSSR count). The van der Waals surface area contributed by atoms with Gasteiger partial charge in [0.2, 0.25) is 5.91 Å². The Kier molecular flexibility index (Phi) is 4.45. The van der Waals surface area contributed by atoms with Crippen molar-refractivity contribution in [3.8, 4) is 0 Å². The van der Waals surface area contributed by atoms with Gasteiger partial charge >= 0.3 is 6.03 Å². The van der Waals surface area contributed by atoms with Crippen LogP contribution in [0.5, 0.6) is 0 Å². The lowest BCUT2D eigenvalue weighted by Crippen LogP contribution is -2.37. The molecule has 1 saturated heterocycles. The van der Waals surface area contributed by atoms with Gasteiger partial charge in [-0.25, -0.2) is 14.8 Å². The zero-order valence-corrected chi connectivity index (χ0v) is 15.0. The number of amides is 4. The normalized spacial score (nSPS) is 20.0. The highest BCUT2D eigenvalue weighted by atomic mass is 16.2. The van der Waals surface area contributed by atoms with E-state index in [4.69, 9.17) is 0 Å². The summed E-state index contributed by atoms with van der Waals surface area (Å²) in [6, 6.07) is -1.10. The van der Waals surface area contributed by atoms with E-state index < -0.39 is 6.04 Å². The first-order chi connectivity index (χ1) is 11.8. The number of carbonyl (C=O) groups is 3. The van der Waals surface area contributed by atoms with Crippen molar-refractivity contribution in [1.29, 1.82) is 0 Å². The first-order valence-corrected chi connectivity index (χ1v) is 8.43. The molecule has 3 heterocycles. The van der Waals surface area contributed by atoms with Gasteiger partial charge in [0, 0.05) is 38.8 Å². The predicted molar refractivity (Wildman–Crippen MR) is 89.2 cm³/mol. The van der Waals surface area contributed by atoms with Gasteiger partial charge in [-0.15, -0.1) is 0 Å². The summed E-state index contributed by atoms with van der Waals surface area (Å²) >= 11 is 0. The third kappa shape index (κ3) is 3.20. The molecule has 1 aromatic rings. The molecule has 8 nitrogen and oxygen atoms in total. The van der Waals surface area contributed by atoms with Gasteiger partial charge in [0.05, 0.1) is 18.7 Å². The summed E-state index contributed by atoms with van der Waals surface area (Å²) < 4.78 is 0. The molecule has 1 aromatic heterocycles. The smallest absolute Gasteiger partial charge is 0.326 e. The summed E-state index contributed by atoms with van der Waals surface area (Å²) in [5, 5.41) is 0. The number of hydrogen-bond acceptors (Lipinski definition) is 5. The van der Waals surface area contributed by atoms with Crippen LogP contribution >= 0.6 is 0 Å². The zero-order chi connectivity index (χ0) is 18.3. The second-order valence-corrected chi connectivity index (χ2v) is 7.12. The van der Waals surface area contributed by atoms with E-state index in [0.29, 0.717) is 19.0 Å². The lowest BCUT2D eigenvalue weighted by atomic mass is 10.1. The van der Waals surface area contributed by atoms with Crippen LogP contribution in [-0.2, 0) is 29.1 Å². The fraction of sp³-hybridized carbons (Fsp3) is 0.588. The Morgan fingerprint density at radius 3 is 2.60 bits per heavy atom. The molecule has 2 aliphatic heterocycles. The number of hydrogen-bond donors (Lipinski definition) is 0. The van der Waals surface area contributed by atoms with Gasteiger partial charge < -0.3 is 9.80 Å². The average molecular weight is 345 g/mol. The number of urea groups is 1. The molecule has 0 aliphatic carbocycles. The number of likely N-dealkylation sites (N-methyl/N-ethyl adjacent to an activating group) is 2. The Morgan fingerprint density at radius 2 is 2.00 bits per heavy atom. The molecule has 0 saturated carbocycles. The minimum absolute atomic E-state index is 0.00825. The maximum atomic E-state index is 12.6. The third-order valence-corrected chi connectivity index (χ3v) is 4.69. The topological polar surface area (TPSA) is 86.7 Å². The van der Waals surface area contributed by atoms with E-state index in [2.05, 4.69) is 23.8 Å². The van der Waals surface area contributed by atoms with Crippen molar-refractivity contribution in [3.63, 3.8) is 0 Å². The number of rotatable bonds is 4. The number of aromatic nitrogens is 2. The molecule has 0 bridgehead atoms. The molecule has 2 aliphatic rings. The first kappa shape index (κ1) is 17.3. The van der Waals surface area contributed by atoms with Gasteiger partial charge in [-0.2, -0.15) is 0 Å². The van der Waals surface area contributed by atoms with Gasteiger partial charge in [0.15, 0.2) is 0 Å². The Hall–Kier alpha value is -2.51. The Balaban J connectivity index is 1.67. The number of imide groups is 1. The Labute approximate surface area is 146 Å². The molecule has 8 heteroatoms. The van der Waals surface area contributed by atoms with Gasteiger partial charge in [-0.3, -0.25) is 14.5 Å². The van der Waals surface area contributed by atoms with E-state index in [1.54, 1.807) is 18.1 Å². The first-order valence-electron chi connectivity index (χ1n) is 8.43. The zero-order valence-electron chi connectivity index (χ0n) is 15.0. The van der Waals surface area contributed by atoms with E-state index in [0.717, 1.165) is 28.4 Å². The third-order valence-electron chi connectivity index (χ3n) is 4.69. The maximum Gasteiger partial charge on any atom is 0.326 e. The molecular formula is C17H23N5O3. The van der Waals surface area contributed by atoms with Crippen LogP contribution in [0.15, 0.2) is 6.20 Å². The van der Waals surface area contributed by atoms with E-state index in [9.17, 15) is 14.4 Å². The van der Waals surface area contributed by atoms with E-state index in [-0.39, 0.29) is 24.3 Å². The molecule has 0 aromatic carbocycles. The fourth-order valence-electron chi connectivity index (χ4n) is 3.21. The van der Waals surface area contributed by atoms with Crippen LogP contribution in [0.1, 0.15) is 37.4 Å². The summed E-state index contributed by atoms with van der Waals surface area (Å²) in [5.74, 6) is 0.768. The minimum Gasteiger partial charge on any atom is -0.332 e. The molecule has 0 N–H and O–H groups in total. The van der Waals surface area contributed by atoms with Crippen LogP contribution in [0.4, 0.5) is 4.79 Å². The highest BCUT2D eigenvalue weighted by Gasteiger charge is 2.42. The van der Waals surface area contributed by atoms with Crippen molar-refractivity contribution in [3.05, 3.63) is 23.3 Å². The second-order valence-electron chi connectivity index (χ2n) is 7.12. The molecule has 1 fully saturated rings. The van der Waals surface area contributed by atoms with Crippen molar-refractivity contribution < 1.29 is 14.4 Å². The van der Waals surface area contributed by atoms with Crippen LogP contribution in [0, 0.1) is 5.92 Å². The SMILES string of the molecule is CC(C)Cc1ncc2c(n1)CN(C(=O)C[C@@H]1C(=O)N(C)C(=O)N1C)C2. The minimum atomic E-state index is -0.726. The second kappa shape index (κ2) is 6.42. The van der Waals surface area contributed by atoms with Crippen LogP contribution in [0.3, 0.4) is 0 Å². The lowest BCUT2D eigenvalue weighted by Gasteiger charge is -2.20. The average Bonchev–Trinajstić information content (AvgIpc) is 3.05. The summed E-state index contributed by atoms with van der Waals surface area (Å²) in [7, 11) is 2.98. The number of nitrogens with zero attached hydrogens (tertiary/aromatic N) is 5. The Morgan fingerprint density at radius 1 is 1.28 bits per heavy atom. The number of fused-ring (bicyclic) bond motifs is 1. The van der Waals surface area contributed by atoms with Crippen LogP contribution < -0.4 is 0 Å². The molecule has 4 amide bonds. The summed E-state index contributed by atoms with van der Waals surface area (Å²) in [5.41, 5.74) is 1.82. The monoisotopic (exact) mass is 345 g/mol. The van der Waals surface area contributed by atoms with Crippen LogP contribution in [-0.4, -0.2) is 62.7 Å². The van der Waals surface area contributed by atoms with E-state index >= 15 is 0 Å². The Bertz CT molecular complexity index is 733. The summed E-state index contributed by atoms with van der Waals surface area (Å²) in [4.78, 5) is 49.5. The molecule has 134 valence electrons. The summed E-state index contributed by atoms with van der Waals surface area (Å²) in [6.07, 6.45) is 2.58. The standard InChI is InChI=1S/C17H23N5O3/c1-10(2)5-14-18-7-11-8-22(9-12(11)19-14)15(23)6-13-16(24)21(4)17(25)20(13)3/h7,10,13H,5-6,8-9H2,1-4H3/t13-/m1/s1.